The topological polar surface area (TPSA) is 81.2 Å². The van der Waals surface area contributed by atoms with Gasteiger partial charge in [0.05, 0.1) is 11.4 Å². The Hall–Kier alpha value is -2.45. The van der Waals surface area contributed by atoms with Gasteiger partial charge in [-0.3, -0.25) is 9.59 Å². The number of carbonyl (C=O) groups is 2. The van der Waals surface area contributed by atoms with Gasteiger partial charge in [-0.15, -0.1) is 11.3 Å². The maximum Gasteiger partial charge on any atom is 0.262 e. The SMILES string of the molecule is O=C1COc2ccc(C(=O)CSc3ncnc4sccc34)cc2N1. The number of fused-ring (bicyclic) bond motifs is 2. The fourth-order valence-corrected chi connectivity index (χ4v) is 4.03. The number of aromatic nitrogens is 2. The summed E-state index contributed by atoms with van der Waals surface area (Å²) in [7, 11) is 0. The Labute approximate surface area is 145 Å². The zero-order valence-corrected chi connectivity index (χ0v) is 13.9. The van der Waals surface area contributed by atoms with Crippen LogP contribution in [0, 0.1) is 0 Å². The number of thiophene rings is 1. The number of rotatable bonds is 4. The van der Waals surface area contributed by atoms with Crippen molar-refractivity contribution in [3.8, 4) is 5.75 Å². The number of nitrogens with zero attached hydrogens (tertiary/aromatic N) is 2. The molecule has 0 bridgehead atoms. The smallest absolute Gasteiger partial charge is 0.262 e. The zero-order valence-electron chi connectivity index (χ0n) is 12.3. The first kappa shape index (κ1) is 15.1. The summed E-state index contributed by atoms with van der Waals surface area (Å²) in [5.41, 5.74) is 1.06. The molecule has 0 aliphatic carbocycles. The van der Waals surface area contributed by atoms with Crippen LogP contribution < -0.4 is 10.1 Å². The van der Waals surface area contributed by atoms with E-state index in [0.717, 1.165) is 15.2 Å². The van der Waals surface area contributed by atoms with Crippen LogP contribution in [-0.2, 0) is 4.79 Å². The lowest BCUT2D eigenvalue weighted by Gasteiger charge is -2.18. The maximum absolute atomic E-state index is 12.4. The van der Waals surface area contributed by atoms with Crippen LogP contribution >= 0.6 is 23.1 Å². The lowest BCUT2D eigenvalue weighted by Crippen LogP contribution is -2.25. The minimum Gasteiger partial charge on any atom is -0.482 e. The predicted molar refractivity (Wildman–Crippen MR) is 93.0 cm³/mol. The van der Waals surface area contributed by atoms with Gasteiger partial charge in [-0.05, 0) is 29.6 Å². The Morgan fingerprint density at radius 3 is 3.17 bits per heavy atom. The van der Waals surface area contributed by atoms with E-state index in [1.54, 1.807) is 29.5 Å². The van der Waals surface area contributed by atoms with Gasteiger partial charge in [0.2, 0.25) is 0 Å². The Morgan fingerprint density at radius 2 is 2.25 bits per heavy atom. The van der Waals surface area contributed by atoms with Crippen molar-refractivity contribution < 1.29 is 14.3 Å². The molecule has 0 unspecified atom stereocenters. The second-order valence-electron chi connectivity index (χ2n) is 5.08. The van der Waals surface area contributed by atoms with Crippen LogP contribution in [0.15, 0.2) is 41.0 Å². The number of anilines is 1. The molecule has 1 amide bonds. The Morgan fingerprint density at radius 1 is 1.33 bits per heavy atom. The number of amides is 1. The number of hydrogen-bond acceptors (Lipinski definition) is 7. The van der Waals surface area contributed by atoms with Crippen LogP contribution in [-0.4, -0.2) is 34.0 Å². The van der Waals surface area contributed by atoms with Crippen LogP contribution in [0.4, 0.5) is 5.69 Å². The first-order valence-corrected chi connectivity index (χ1v) is 8.98. The molecular weight excluding hydrogens is 346 g/mol. The van der Waals surface area contributed by atoms with Gasteiger partial charge in [0.1, 0.15) is 21.9 Å². The van der Waals surface area contributed by atoms with Gasteiger partial charge in [-0.1, -0.05) is 11.8 Å². The largest absolute Gasteiger partial charge is 0.482 e. The number of hydrogen-bond donors (Lipinski definition) is 1. The summed E-state index contributed by atoms with van der Waals surface area (Å²) >= 11 is 2.93. The van der Waals surface area contributed by atoms with E-state index in [4.69, 9.17) is 4.74 Å². The van der Waals surface area contributed by atoms with Gasteiger partial charge in [0.15, 0.2) is 12.4 Å². The number of ketones is 1. The number of thioether (sulfide) groups is 1. The molecule has 0 saturated heterocycles. The number of carbonyl (C=O) groups excluding carboxylic acids is 2. The van der Waals surface area contributed by atoms with E-state index in [1.807, 2.05) is 11.4 Å². The molecule has 4 rings (SSSR count). The molecule has 120 valence electrons. The van der Waals surface area contributed by atoms with E-state index in [9.17, 15) is 9.59 Å². The van der Waals surface area contributed by atoms with E-state index in [2.05, 4.69) is 15.3 Å². The standard InChI is InChI=1S/C16H11N3O3S2/c20-12(7-24-16-10-3-4-23-15(10)17-8-18-16)9-1-2-13-11(5-9)19-14(21)6-22-13/h1-5,8H,6-7H2,(H,19,21). The number of benzene rings is 1. The van der Waals surface area contributed by atoms with Crippen LogP contribution in [0.5, 0.6) is 5.75 Å². The molecule has 1 N–H and O–H groups in total. The minimum atomic E-state index is -0.220. The van der Waals surface area contributed by atoms with E-state index in [1.165, 1.54) is 18.1 Å². The first-order valence-electron chi connectivity index (χ1n) is 7.11. The number of Topliss-reactive ketones (excluding diaryl/α,β-unsaturated/α-hetero) is 1. The Balaban J connectivity index is 1.51. The summed E-state index contributed by atoms with van der Waals surface area (Å²) in [5, 5.41) is 6.42. The fraction of sp³-hybridized carbons (Fsp3) is 0.125. The third kappa shape index (κ3) is 2.85. The molecule has 1 aliphatic heterocycles. The van der Waals surface area contributed by atoms with Gasteiger partial charge in [0.25, 0.3) is 5.91 Å². The quantitative estimate of drug-likeness (QED) is 0.439. The summed E-state index contributed by atoms with van der Waals surface area (Å²) in [5.74, 6) is 0.580. The fourth-order valence-electron chi connectivity index (χ4n) is 2.36. The predicted octanol–water partition coefficient (Wildman–Crippen LogP) is 3.00. The summed E-state index contributed by atoms with van der Waals surface area (Å²) in [4.78, 5) is 33.2. The molecule has 6 nitrogen and oxygen atoms in total. The highest BCUT2D eigenvalue weighted by Crippen LogP contribution is 2.31. The minimum absolute atomic E-state index is 0.000493. The molecule has 0 spiro atoms. The summed E-state index contributed by atoms with van der Waals surface area (Å²) < 4.78 is 5.29. The van der Waals surface area contributed by atoms with Crippen molar-refractivity contribution in [2.24, 2.45) is 0 Å². The molecule has 3 heterocycles. The molecule has 0 radical (unpaired) electrons. The molecule has 1 aromatic carbocycles. The second-order valence-corrected chi connectivity index (χ2v) is 6.94. The van der Waals surface area contributed by atoms with Crippen molar-refractivity contribution in [2.75, 3.05) is 17.7 Å². The Kier molecular flexibility index (Phi) is 3.91. The number of ether oxygens (including phenoxy) is 1. The van der Waals surface area contributed by atoms with Gasteiger partial charge >= 0.3 is 0 Å². The van der Waals surface area contributed by atoms with Crippen LogP contribution in [0.25, 0.3) is 10.2 Å². The second kappa shape index (κ2) is 6.21. The summed E-state index contributed by atoms with van der Waals surface area (Å²) in [6.45, 7) is 0.000493. The van der Waals surface area contributed by atoms with Crippen molar-refractivity contribution in [3.63, 3.8) is 0 Å². The van der Waals surface area contributed by atoms with Gasteiger partial charge < -0.3 is 10.1 Å². The average Bonchev–Trinajstić information content (AvgIpc) is 3.08. The van der Waals surface area contributed by atoms with Crippen molar-refractivity contribution in [2.45, 2.75) is 5.03 Å². The van der Waals surface area contributed by atoms with Crippen molar-refractivity contribution in [1.82, 2.24) is 9.97 Å². The van der Waals surface area contributed by atoms with E-state index in [-0.39, 0.29) is 24.1 Å². The van der Waals surface area contributed by atoms with Crippen molar-refractivity contribution in [3.05, 3.63) is 41.5 Å². The van der Waals surface area contributed by atoms with Crippen LogP contribution in [0.3, 0.4) is 0 Å². The van der Waals surface area contributed by atoms with E-state index in [0.29, 0.717) is 17.0 Å². The highest BCUT2D eigenvalue weighted by atomic mass is 32.2. The monoisotopic (exact) mass is 357 g/mol. The molecule has 2 aromatic heterocycles. The van der Waals surface area contributed by atoms with Gasteiger partial charge in [-0.2, -0.15) is 0 Å². The molecule has 3 aromatic rings. The van der Waals surface area contributed by atoms with Crippen molar-refractivity contribution in [1.29, 1.82) is 0 Å². The van der Waals surface area contributed by atoms with Gasteiger partial charge in [0, 0.05) is 10.9 Å². The van der Waals surface area contributed by atoms with E-state index < -0.39 is 0 Å². The average molecular weight is 357 g/mol. The van der Waals surface area contributed by atoms with Crippen LogP contribution in [0.2, 0.25) is 0 Å². The molecular formula is C16H11N3O3S2. The third-order valence-corrected chi connectivity index (χ3v) is 5.33. The summed E-state index contributed by atoms with van der Waals surface area (Å²) in [6, 6.07) is 7.02. The molecule has 0 fully saturated rings. The normalized spacial score (nSPS) is 13.2. The number of nitrogens with one attached hydrogen (secondary N) is 1. The van der Waals surface area contributed by atoms with Crippen LogP contribution in [0.1, 0.15) is 10.4 Å². The maximum atomic E-state index is 12.4. The lowest BCUT2D eigenvalue weighted by molar-refractivity contribution is -0.118. The highest BCUT2D eigenvalue weighted by Gasteiger charge is 2.18. The lowest BCUT2D eigenvalue weighted by atomic mass is 10.1. The van der Waals surface area contributed by atoms with Gasteiger partial charge in [-0.25, -0.2) is 9.97 Å². The zero-order chi connectivity index (χ0) is 16.5. The Bertz CT molecular complexity index is 955. The molecule has 1 aliphatic rings. The molecule has 0 saturated carbocycles. The summed E-state index contributed by atoms with van der Waals surface area (Å²) in [6.07, 6.45) is 1.51. The third-order valence-electron chi connectivity index (χ3n) is 3.50. The van der Waals surface area contributed by atoms with Crippen molar-refractivity contribution >= 4 is 50.7 Å². The highest BCUT2D eigenvalue weighted by molar-refractivity contribution is 8.00. The molecule has 8 heteroatoms. The molecule has 0 atom stereocenters. The van der Waals surface area contributed by atoms with E-state index >= 15 is 0 Å². The molecule has 24 heavy (non-hydrogen) atoms. The first-order chi connectivity index (χ1) is 11.7.